The van der Waals surface area contributed by atoms with Crippen molar-refractivity contribution in [3.05, 3.63) is 63.9 Å². The smallest absolute Gasteiger partial charge is 0.124 e. The van der Waals surface area contributed by atoms with Gasteiger partial charge < -0.3 is 9.84 Å². The summed E-state index contributed by atoms with van der Waals surface area (Å²) in [6.07, 6.45) is -0.402. The van der Waals surface area contributed by atoms with Crippen molar-refractivity contribution >= 4 is 15.9 Å². The fraction of sp³-hybridized carbons (Fsp3) is 0.200. The number of para-hydroxylation sites is 1. The molecule has 0 saturated heterocycles. The molecule has 0 fully saturated rings. The van der Waals surface area contributed by atoms with Gasteiger partial charge in [0.2, 0.25) is 0 Å². The van der Waals surface area contributed by atoms with E-state index in [0.717, 1.165) is 5.56 Å². The molecule has 2 nitrogen and oxygen atoms in total. The predicted molar refractivity (Wildman–Crippen MR) is 75.8 cm³/mol. The second-order valence-corrected chi connectivity index (χ2v) is 5.16. The molecule has 0 saturated carbocycles. The molecular weight excluding hydrogens is 311 g/mol. The van der Waals surface area contributed by atoms with Gasteiger partial charge in [-0.25, -0.2) is 4.39 Å². The van der Waals surface area contributed by atoms with Crippen LogP contribution in [0, 0.1) is 5.82 Å². The Labute approximate surface area is 120 Å². The summed E-state index contributed by atoms with van der Waals surface area (Å²) in [6, 6.07) is 11.9. The number of rotatable bonds is 4. The lowest BCUT2D eigenvalue weighted by molar-refractivity contribution is 0.174. The molecule has 2 aromatic rings. The van der Waals surface area contributed by atoms with Crippen molar-refractivity contribution in [2.45, 2.75) is 12.5 Å². The Morgan fingerprint density at radius 2 is 2.00 bits per heavy atom. The molecule has 0 aromatic heterocycles. The molecule has 0 spiro atoms. The highest BCUT2D eigenvalue weighted by molar-refractivity contribution is 9.10. The summed E-state index contributed by atoms with van der Waals surface area (Å²) in [5.41, 5.74) is 1.43. The minimum atomic E-state index is -0.732. The van der Waals surface area contributed by atoms with E-state index in [1.807, 2.05) is 12.1 Å². The van der Waals surface area contributed by atoms with Crippen molar-refractivity contribution in [3.8, 4) is 5.75 Å². The van der Waals surface area contributed by atoms with Crippen LogP contribution in [0.1, 0.15) is 17.2 Å². The topological polar surface area (TPSA) is 29.5 Å². The number of hydrogen-bond acceptors (Lipinski definition) is 2. The van der Waals surface area contributed by atoms with E-state index in [4.69, 9.17) is 4.74 Å². The van der Waals surface area contributed by atoms with Crippen molar-refractivity contribution < 1.29 is 14.2 Å². The van der Waals surface area contributed by atoms with Crippen LogP contribution in [0.4, 0.5) is 4.39 Å². The van der Waals surface area contributed by atoms with E-state index in [0.29, 0.717) is 22.2 Å². The third-order valence-electron chi connectivity index (χ3n) is 2.85. The van der Waals surface area contributed by atoms with Crippen LogP contribution >= 0.6 is 15.9 Å². The molecule has 0 aliphatic rings. The zero-order valence-corrected chi connectivity index (χ0v) is 12.0. The first-order valence-electron chi connectivity index (χ1n) is 5.86. The quantitative estimate of drug-likeness (QED) is 0.925. The van der Waals surface area contributed by atoms with Crippen molar-refractivity contribution in [2.75, 3.05) is 7.11 Å². The van der Waals surface area contributed by atoms with Crippen LogP contribution in [0.15, 0.2) is 46.9 Å². The lowest BCUT2D eigenvalue weighted by Gasteiger charge is -2.15. The van der Waals surface area contributed by atoms with Crippen LogP contribution in [-0.4, -0.2) is 12.2 Å². The van der Waals surface area contributed by atoms with Crippen LogP contribution in [0.3, 0.4) is 0 Å². The van der Waals surface area contributed by atoms with Crippen molar-refractivity contribution in [3.63, 3.8) is 0 Å². The van der Waals surface area contributed by atoms with Gasteiger partial charge in [0.15, 0.2) is 0 Å². The van der Waals surface area contributed by atoms with Gasteiger partial charge in [-0.2, -0.15) is 0 Å². The Bertz CT molecular complexity index is 552. The fourth-order valence-electron chi connectivity index (χ4n) is 2.00. The lowest BCUT2D eigenvalue weighted by Crippen LogP contribution is -2.04. The first kappa shape index (κ1) is 14.0. The first-order chi connectivity index (χ1) is 9.10. The molecule has 0 bridgehead atoms. The molecule has 19 heavy (non-hydrogen) atoms. The maximum absolute atomic E-state index is 13.3. The molecule has 1 N–H and O–H groups in total. The van der Waals surface area contributed by atoms with E-state index in [9.17, 15) is 9.50 Å². The van der Waals surface area contributed by atoms with Crippen molar-refractivity contribution in [2.24, 2.45) is 0 Å². The average Bonchev–Trinajstić information content (AvgIpc) is 2.37. The van der Waals surface area contributed by atoms with Crippen molar-refractivity contribution in [1.82, 2.24) is 0 Å². The maximum atomic E-state index is 13.3. The number of aliphatic hydroxyl groups excluding tert-OH is 1. The van der Waals surface area contributed by atoms with Gasteiger partial charge in [0.25, 0.3) is 0 Å². The van der Waals surface area contributed by atoms with Gasteiger partial charge in [-0.3, -0.25) is 0 Å². The van der Waals surface area contributed by atoms with Gasteiger partial charge in [-0.1, -0.05) is 34.1 Å². The van der Waals surface area contributed by atoms with E-state index >= 15 is 0 Å². The van der Waals surface area contributed by atoms with E-state index < -0.39 is 6.10 Å². The minimum Gasteiger partial charge on any atom is -0.496 e. The highest BCUT2D eigenvalue weighted by atomic mass is 79.9. The SMILES string of the molecule is COc1ccccc1C(O)Cc1cc(F)cc(Br)c1. The molecule has 0 aliphatic carbocycles. The van der Waals surface area contributed by atoms with Gasteiger partial charge in [0, 0.05) is 16.5 Å². The number of benzene rings is 2. The van der Waals surface area contributed by atoms with E-state index in [2.05, 4.69) is 15.9 Å². The number of hydrogen-bond donors (Lipinski definition) is 1. The van der Waals surface area contributed by atoms with Gasteiger partial charge >= 0.3 is 0 Å². The molecule has 0 amide bonds. The summed E-state index contributed by atoms with van der Waals surface area (Å²) in [7, 11) is 1.56. The average molecular weight is 325 g/mol. The summed E-state index contributed by atoms with van der Waals surface area (Å²) < 4.78 is 19.2. The van der Waals surface area contributed by atoms with Gasteiger partial charge in [-0.15, -0.1) is 0 Å². The number of methoxy groups -OCH3 is 1. The zero-order valence-electron chi connectivity index (χ0n) is 10.4. The standard InChI is InChI=1S/C15H14BrFO2/c1-19-15-5-3-2-4-13(15)14(18)8-10-6-11(16)9-12(17)7-10/h2-7,9,14,18H,8H2,1H3. The Morgan fingerprint density at radius 1 is 1.26 bits per heavy atom. The first-order valence-corrected chi connectivity index (χ1v) is 6.65. The van der Waals surface area contributed by atoms with Crippen LogP contribution in [0.5, 0.6) is 5.75 Å². The van der Waals surface area contributed by atoms with Crippen molar-refractivity contribution in [1.29, 1.82) is 0 Å². The molecule has 2 rings (SSSR count). The highest BCUT2D eigenvalue weighted by Gasteiger charge is 2.14. The normalized spacial score (nSPS) is 12.2. The van der Waals surface area contributed by atoms with Gasteiger partial charge in [-0.05, 0) is 29.8 Å². The molecule has 1 unspecified atom stereocenters. The van der Waals surface area contributed by atoms with E-state index in [-0.39, 0.29) is 5.82 Å². The van der Waals surface area contributed by atoms with E-state index in [1.54, 1.807) is 25.3 Å². The van der Waals surface area contributed by atoms with Gasteiger partial charge in [0.05, 0.1) is 13.2 Å². The molecule has 0 aliphatic heterocycles. The Morgan fingerprint density at radius 3 is 2.68 bits per heavy atom. The molecule has 1 atom stereocenters. The molecule has 2 aromatic carbocycles. The third kappa shape index (κ3) is 3.55. The lowest BCUT2D eigenvalue weighted by atomic mass is 10.0. The largest absolute Gasteiger partial charge is 0.496 e. The molecular formula is C15H14BrFO2. The second-order valence-electron chi connectivity index (χ2n) is 4.24. The summed E-state index contributed by atoms with van der Waals surface area (Å²) in [5, 5.41) is 10.2. The Hall–Kier alpha value is -1.39. The van der Waals surface area contributed by atoms with Crippen LogP contribution in [0.2, 0.25) is 0 Å². The van der Waals surface area contributed by atoms with Crippen LogP contribution in [-0.2, 0) is 6.42 Å². The van der Waals surface area contributed by atoms with Crippen LogP contribution in [0.25, 0.3) is 0 Å². The molecule has 4 heteroatoms. The number of aliphatic hydroxyl groups is 1. The Balaban J connectivity index is 2.22. The third-order valence-corrected chi connectivity index (χ3v) is 3.31. The monoisotopic (exact) mass is 324 g/mol. The molecule has 0 radical (unpaired) electrons. The fourth-order valence-corrected chi connectivity index (χ4v) is 2.52. The molecule has 0 heterocycles. The Kier molecular flexibility index (Phi) is 4.56. The van der Waals surface area contributed by atoms with E-state index in [1.165, 1.54) is 12.1 Å². The summed E-state index contributed by atoms with van der Waals surface area (Å²) in [5.74, 6) is 0.307. The minimum absolute atomic E-state index is 0.323. The summed E-state index contributed by atoms with van der Waals surface area (Å²) in [6.45, 7) is 0. The summed E-state index contributed by atoms with van der Waals surface area (Å²) >= 11 is 3.24. The van der Waals surface area contributed by atoms with Gasteiger partial charge in [0.1, 0.15) is 11.6 Å². The second kappa shape index (κ2) is 6.17. The zero-order chi connectivity index (χ0) is 13.8. The summed E-state index contributed by atoms with van der Waals surface area (Å²) in [4.78, 5) is 0. The highest BCUT2D eigenvalue weighted by Crippen LogP contribution is 2.28. The number of ether oxygens (including phenoxy) is 1. The number of halogens is 2. The predicted octanol–water partition coefficient (Wildman–Crippen LogP) is 3.87. The van der Waals surface area contributed by atoms with Crippen LogP contribution < -0.4 is 4.74 Å². The maximum Gasteiger partial charge on any atom is 0.124 e. The molecule has 100 valence electrons.